The van der Waals surface area contributed by atoms with Gasteiger partial charge in [-0.15, -0.1) is 0 Å². The van der Waals surface area contributed by atoms with Crippen molar-refractivity contribution in [2.45, 2.75) is 12.4 Å². The number of pyridine rings is 1. The van der Waals surface area contributed by atoms with Gasteiger partial charge in [0.15, 0.2) is 0 Å². The molecule has 0 spiro atoms. The highest BCUT2D eigenvalue weighted by atomic mass is 32.2. The van der Waals surface area contributed by atoms with Gasteiger partial charge in [-0.2, -0.15) is 21.6 Å². The van der Waals surface area contributed by atoms with E-state index in [1.807, 2.05) is 25.1 Å². The van der Waals surface area contributed by atoms with E-state index in [0.717, 1.165) is 11.3 Å². The lowest BCUT2D eigenvalue weighted by molar-refractivity contribution is -0.0510. The maximum absolute atomic E-state index is 10.7. The fraction of sp³-hybridized carbons (Fsp3) is 0.222. The van der Waals surface area contributed by atoms with E-state index in [9.17, 15) is 13.2 Å². The summed E-state index contributed by atoms with van der Waals surface area (Å²) < 4.78 is 57.5. The second-order valence-electron chi connectivity index (χ2n) is 2.86. The number of nitrogens with zero attached hydrogens (tertiary/aromatic N) is 1. The van der Waals surface area contributed by atoms with Gasteiger partial charge in [0.05, 0.1) is 0 Å². The lowest BCUT2D eigenvalue weighted by Gasteiger charge is -1.97. The van der Waals surface area contributed by atoms with Crippen molar-refractivity contribution in [3.8, 4) is 0 Å². The molecule has 0 unspecified atom stereocenters. The van der Waals surface area contributed by atoms with Crippen LogP contribution < -0.4 is 0 Å². The van der Waals surface area contributed by atoms with Crippen LogP contribution in [0.3, 0.4) is 0 Å². The first-order valence-corrected chi connectivity index (χ1v) is 5.61. The number of halogens is 3. The van der Waals surface area contributed by atoms with E-state index in [4.69, 9.17) is 13.0 Å². The summed E-state index contributed by atoms with van der Waals surface area (Å²) in [5, 5.41) is 0. The van der Waals surface area contributed by atoms with E-state index in [1.54, 1.807) is 6.20 Å². The van der Waals surface area contributed by atoms with Crippen LogP contribution in [0.1, 0.15) is 11.3 Å². The third-order valence-corrected chi connectivity index (χ3v) is 2.03. The molecule has 0 aliphatic heterocycles. The van der Waals surface area contributed by atoms with E-state index in [1.165, 1.54) is 0 Å². The zero-order valence-electron chi connectivity index (χ0n) is 8.77. The highest BCUT2D eigenvalue weighted by Gasteiger charge is 2.44. The Morgan fingerprint density at radius 3 is 2.18 bits per heavy atom. The summed E-state index contributed by atoms with van der Waals surface area (Å²) in [6.07, 6.45) is 3.60. The molecule has 0 saturated carbocycles. The van der Waals surface area contributed by atoms with Gasteiger partial charge in [0.25, 0.3) is 0 Å². The Balaban J connectivity index is 0.000000304. The normalized spacial score (nSPS) is 11.4. The molecule has 0 fully saturated rings. The highest BCUT2D eigenvalue weighted by Crippen LogP contribution is 2.20. The van der Waals surface area contributed by atoms with Crippen molar-refractivity contribution in [1.82, 2.24) is 4.98 Å². The van der Waals surface area contributed by atoms with Gasteiger partial charge in [-0.05, 0) is 24.6 Å². The first-order chi connectivity index (χ1) is 7.58. The summed E-state index contributed by atoms with van der Waals surface area (Å²) in [6, 6.07) is 3.92. The molecule has 0 aliphatic carbocycles. The standard InChI is InChI=1S/C8H9N.CHF3O3S/c1-3-8-4-5-9-7(2)6-8;2-1(3,4)8(5,6)7/h3-6H,1H2,2H3;(H,5,6,7). The minimum atomic E-state index is -5.84. The maximum Gasteiger partial charge on any atom is 0.522 e. The molecule has 17 heavy (non-hydrogen) atoms. The van der Waals surface area contributed by atoms with Crippen molar-refractivity contribution in [3.05, 3.63) is 36.2 Å². The number of hydrogen-bond acceptors (Lipinski definition) is 3. The van der Waals surface area contributed by atoms with Gasteiger partial charge < -0.3 is 0 Å². The molecule has 1 N–H and O–H groups in total. The Kier molecular flexibility index (Phi) is 5.30. The Hall–Kier alpha value is -1.41. The molecule has 4 nitrogen and oxygen atoms in total. The highest BCUT2D eigenvalue weighted by molar-refractivity contribution is 7.86. The first-order valence-electron chi connectivity index (χ1n) is 4.17. The van der Waals surface area contributed by atoms with Crippen molar-refractivity contribution in [2.24, 2.45) is 0 Å². The van der Waals surface area contributed by atoms with Crippen LogP contribution >= 0.6 is 0 Å². The Morgan fingerprint density at radius 1 is 1.47 bits per heavy atom. The van der Waals surface area contributed by atoms with Crippen LogP contribution in [-0.2, 0) is 10.1 Å². The summed E-state index contributed by atoms with van der Waals surface area (Å²) >= 11 is 0. The summed E-state index contributed by atoms with van der Waals surface area (Å²) in [5.74, 6) is 0. The smallest absolute Gasteiger partial charge is 0.279 e. The van der Waals surface area contributed by atoms with E-state index < -0.39 is 15.6 Å². The van der Waals surface area contributed by atoms with Crippen LogP contribution in [0.4, 0.5) is 13.2 Å². The van der Waals surface area contributed by atoms with E-state index in [2.05, 4.69) is 11.6 Å². The second-order valence-corrected chi connectivity index (χ2v) is 4.27. The molecule has 8 heteroatoms. The molecule has 0 saturated heterocycles. The molecule has 0 amide bonds. The third kappa shape index (κ3) is 6.03. The minimum Gasteiger partial charge on any atom is -0.279 e. The molecule has 1 aromatic heterocycles. The predicted molar refractivity (Wildman–Crippen MR) is 56.7 cm³/mol. The number of hydrogen-bond donors (Lipinski definition) is 1. The van der Waals surface area contributed by atoms with Crippen molar-refractivity contribution < 1.29 is 26.1 Å². The van der Waals surface area contributed by atoms with Crippen LogP contribution in [0.2, 0.25) is 0 Å². The van der Waals surface area contributed by atoms with Crippen molar-refractivity contribution in [3.63, 3.8) is 0 Å². The molecule has 0 aliphatic rings. The molecule has 0 radical (unpaired) electrons. The zero-order chi connectivity index (χ0) is 13.7. The van der Waals surface area contributed by atoms with Crippen molar-refractivity contribution in [2.75, 3.05) is 0 Å². The van der Waals surface area contributed by atoms with Gasteiger partial charge in [0.2, 0.25) is 0 Å². The molecule has 0 bridgehead atoms. The largest absolute Gasteiger partial charge is 0.522 e. The maximum atomic E-state index is 10.7. The van der Waals surface area contributed by atoms with Crippen LogP contribution in [0.15, 0.2) is 24.9 Å². The monoisotopic (exact) mass is 269 g/mol. The molecule has 96 valence electrons. The summed E-state index contributed by atoms with van der Waals surface area (Å²) in [4.78, 5) is 4.04. The van der Waals surface area contributed by atoms with Crippen molar-refractivity contribution in [1.29, 1.82) is 0 Å². The molecule has 0 aromatic carbocycles. The average Bonchev–Trinajstić information content (AvgIpc) is 2.15. The van der Waals surface area contributed by atoms with Gasteiger partial charge in [-0.1, -0.05) is 12.7 Å². The molecule has 1 heterocycles. The van der Waals surface area contributed by atoms with Gasteiger partial charge in [0, 0.05) is 11.9 Å². The summed E-state index contributed by atoms with van der Waals surface area (Å²) in [7, 11) is -5.84. The average molecular weight is 269 g/mol. The van der Waals surface area contributed by atoms with Crippen LogP contribution in [0, 0.1) is 6.92 Å². The lowest BCUT2D eigenvalue weighted by Crippen LogP contribution is -2.21. The summed E-state index contributed by atoms with van der Waals surface area (Å²) in [5.41, 5.74) is -3.37. The van der Waals surface area contributed by atoms with Gasteiger partial charge in [-0.25, -0.2) is 0 Å². The van der Waals surface area contributed by atoms with Crippen LogP contribution in [0.25, 0.3) is 6.08 Å². The Labute approximate surface area is 96.6 Å². The quantitative estimate of drug-likeness (QED) is 0.628. The van der Waals surface area contributed by atoms with Crippen LogP contribution in [0.5, 0.6) is 0 Å². The Morgan fingerprint density at radius 2 is 1.94 bits per heavy atom. The molecule has 1 rings (SSSR count). The number of aromatic nitrogens is 1. The molecular formula is C9H10F3NO3S. The Bertz CT molecular complexity index is 483. The van der Waals surface area contributed by atoms with E-state index in [-0.39, 0.29) is 0 Å². The van der Waals surface area contributed by atoms with E-state index >= 15 is 0 Å². The third-order valence-electron chi connectivity index (χ3n) is 1.45. The topological polar surface area (TPSA) is 67.3 Å². The minimum absolute atomic E-state index is 1.03. The van der Waals surface area contributed by atoms with E-state index in [0.29, 0.717) is 0 Å². The first kappa shape index (κ1) is 15.6. The number of aryl methyl sites for hydroxylation is 1. The second kappa shape index (κ2) is 5.78. The van der Waals surface area contributed by atoms with Gasteiger partial charge in [-0.3, -0.25) is 9.54 Å². The molecule has 0 atom stereocenters. The molecular weight excluding hydrogens is 259 g/mol. The van der Waals surface area contributed by atoms with Gasteiger partial charge in [0.1, 0.15) is 0 Å². The van der Waals surface area contributed by atoms with Crippen LogP contribution in [-0.4, -0.2) is 23.5 Å². The lowest BCUT2D eigenvalue weighted by atomic mass is 10.2. The number of rotatable bonds is 1. The molecule has 1 aromatic rings. The fourth-order valence-electron chi connectivity index (χ4n) is 0.694. The SMILES string of the molecule is C=Cc1ccnc(C)c1.O=S(=O)(O)C(F)(F)F. The summed E-state index contributed by atoms with van der Waals surface area (Å²) in [6.45, 7) is 5.61. The van der Waals surface area contributed by atoms with Crippen molar-refractivity contribution >= 4 is 16.2 Å². The number of alkyl halides is 3. The van der Waals surface area contributed by atoms with Gasteiger partial charge >= 0.3 is 15.6 Å². The zero-order valence-corrected chi connectivity index (χ0v) is 9.59. The fourth-order valence-corrected chi connectivity index (χ4v) is 0.694. The predicted octanol–water partition coefficient (Wildman–Crippen LogP) is 2.43.